The molecule has 0 saturated carbocycles. The number of anilines is 1. The number of carbonyl (C=O) groups excluding carboxylic acids is 1. The molecular weight excluding hydrogens is 367 g/mol. The van der Waals surface area contributed by atoms with Crippen LogP contribution in [0, 0.1) is 0 Å². The molecule has 138 valence electrons. The Balaban J connectivity index is 1.34. The number of nitrogens with zero attached hydrogens (tertiary/aromatic N) is 3. The minimum Gasteiger partial charge on any atom is -0.370 e. The van der Waals surface area contributed by atoms with E-state index in [0.29, 0.717) is 31.0 Å². The molecule has 26 heavy (non-hydrogen) atoms. The Bertz CT molecular complexity index is 844. The van der Waals surface area contributed by atoms with E-state index in [1.54, 1.807) is 0 Å². The first kappa shape index (κ1) is 18.2. The molecule has 0 radical (unpaired) electrons. The molecule has 0 fully saturated rings. The second kappa shape index (κ2) is 7.73. The standard InChI is InChI=1S/C16H16F3N5OS/c17-16(18,19)11-2-3-13(22-9-11)20-4-1-5-21-14(25)8-12-10-24-6-7-26-15(24)23-12/h2-3,6-7,9-10H,1,4-5,8H2,(H,20,22)(H,21,25). The largest absolute Gasteiger partial charge is 0.417 e. The van der Waals surface area contributed by atoms with Gasteiger partial charge in [0.25, 0.3) is 0 Å². The molecule has 10 heteroatoms. The number of hydrogen-bond acceptors (Lipinski definition) is 5. The summed E-state index contributed by atoms with van der Waals surface area (Å²) in [4.78, 5) is 20.8. The van der Waals surface area contributed by atoms with E-state index in [9.17, 15) is 18.0 Å². The van der Waals surface area contributed by atoms with Crippen molar-refractivity contribution in [1.82, 2.24) is 19.7 Å². The maximum Gasteiger partial charge on any atom is 0.417 e. The van der Waals surface area contributed by atoms with Gasteiger partial charge >= 0.3 is 6.18 Å². The molecule has 0 aliphatic carbocycles. The molecule has 0 aliphatic heterocycles. The fourth-order valence-corrected chi connectivity index (χ4v) is 3.01. The molecule has 0 spiro atoms. The zero-order valence-electron chi connectivity index (χ0n) is 13.6. The van der Waals surface area contributed by atoms with Crippen molar-refractivity contribution in [2.45, 2.75) is 19.0 Å². The highest BCUT2D eigenvalue weighted by molar-refractivity contribution is 7.15. The quantitative estimate of drug-likeness (QED) is 0.616. The van der Waals surface area contributed by atoms with Crippen LogP contribution in [0.25, 0.3) is 4.96 Å². The Labute approximate surface area is 151 Å². The van der Waals surface area contributed by atoms with Crippen molar-refractivity contribution in [1.29, 1.82) is 0 Å². The number of pyridine rings is 1. The lowest BCUT2D eigenvalue weighted by Crippen LogP contribution is -2.27. The number of imidazole rings is 1. The van der Waals surface area contributed by atoms with Crippen LogP contribution in [0.4, 0.5) is 19.0 Å². The van der Waals surface area contributed by atoms with Crippen molar-refractivity contribution in [3.8, 4) is 0 Å². The summed E-state index contributed by atoms with van der Waals surface area (Å²) in [5.41, 5.74) is -0.0732. The van der Waals surface area contributed by atoms with Crippen LogP contribution < -0.4 is 10.6 Å². The lowest BCUT2D eigenvalue weighted by atomic mass is 10.3. The van der Waals surface area contributed by atoms with E-state index < -0.39 is 11.7 Å². The van der Waals surface area contributed by atoms with Crippen LogP contribution in [-0.4, -0.2) is 33.4 Å². The minimum atomic E-state index is -4.39. The Hall–Kier alpha value is -2.62. The molecular formula is C16H16F3N5OS. The maximum atomic E-state index is 12.4. The van der Waals surface area contributed by atoms with Crippen LogP contribution in [0.15, 0.2) is 36.1 Å². The summed E-state index contributed by atoms with van der Waals surface area (Å²) >= 11 is 1.50. The van der Waals surface area contributed by atoms with E-state index >= 15 is 0 Å². The van der Waals surface area contributed by atoms with E-state index in [0.717, 1.165) is 17.2 Å². The smallest absolute Gasteiger partial charge is 0.370 e. The molecule has 1 amide bonds. The van der Waals surface area contributed by atoms with Crippen molar-refractivity contribution in [2.75, 3.05) is 18.4 Å². The summed E-state index contributed by atoms with van der Waals surface area (Å²) in [5, 5.41) is 7.63. The van der Waals surface area contributed by atoms with Gasteiger partial charge in [0.15, 0.2) is 4.96 Å². The molecule has 0 saturated heterocycles. The first-order chi connectivity index (χ1) is 12.4. The van der Waals surface area contributed by atoms with Gasteiger partial charge in [-0.1, -0.05) is 0 Å². The summed E-state index contributed by atoms with van der Waals surface area (Å²) < 4.78 is 39.2. The van der Waals surface area contributed by atoms with Crippen molar-refractivity contribution < 1.29 is 18.0 Å². The monoisotopic (exact) mass is 383 g/mol. The second-order valence-corrected chi connectivity index (χ2v) is 6.44. The summed E-state index contributed by atoms with van der Waals surface area (Å²) in [6.07, 6.45) is 0.938. The number of halogens is 3. The van der Waals surface area contributed by atoms with Crippen molar-refractivity contribution in [3.05, 3.63) is 47.4 Å². The third-order valence-electron chi connectivity index (χ3n) is 3.56. The van der Waals surface area contributed by atoms with E-state index in [4.69, 9.17) is 0 Å². The van der Waals surface area contributed by atoms with Gasteiger partial charge in [-0.15, -0.1) is 11.3 Å². The topological polar surface area (TPSA) is 71.3 Å². The fourth-order valence-electron chi connectivity index (χ4n) is 2.29. The molecule has 3 heterocycles. The third kappa shape index (κ3) is 4.72. The van der Waals surface area contributed by atoms with Gasteiger partial charge in [-0.3, -0.25) is 9.20 Å². The van der Waals surface area contributed by atoms with Crippen LogP contribution in [-0.2, 0) is 17.4 Å². The highest BCUT2D eigenvalue weighted by Crippen LogP contribution is 2.28. The number of amides is 1. The summed E-state index contributed by atoms with van der Waals surface area (Å²) in [6, 6.07) is 2.26. The molecule has 0 aliphatic rings. The number of aromatic nitrogens is 3. The SMILES string of the molecule is O=C(Cc1cn2ccsc2n1)NCCCNc1ccc(C(F)(F)F)cn1. The van der Waals surface area contributed by atoms with Crippen molar-refractivity contribution in [2.24, 2.45) is 0 Å². The first-order valence-corrected chi connectivity index (χ1v) is 8.75. The lowest BCUT2D eigenvalue weighted by molar-refractivity contribution is -0.137. The second-order valence-electron chi connectivity index (χ2n) is 5.56. The molecule has 0 bridgehead atoms. The number of thiazole rings is 1. The van der Waals surface area contributed by atoms with Crippen LogP contribution in [0.1, 0.15) is 17.7 Å². The molecule has 3 aromatic rings. The third-order valence-corrected chi connectivity index (χ3v) is 4.33. The zero-order valence-corrected chi connectivity index (χ0v) is 14.4. The van der Waals surface area contributed by atoms with Gasteiger partial charge in [-0.2, -0.15) is 13.2 Å². The molecule has 2 N–H and O–H groups in total. The highest BCUT2D eigenvalue weighted by atomic mass is 32.1. The number of nitrogens with one attached hydrogen (secondary N) is 2. The average molecular weight is 383 g/mol. The van der Waals surface area contributed by atoms with E-state index in [1.165, 1.54) is 17.4 Å². The highest BCUT2D eigenvalue weighted by Gasteiger charge is 2.30. The Kier molecular flexibility index (Phi) is 5.40. The summed E-state index contributed by atoms with van der Waals surface area (Å²) in [5.74, 6) is 0.241. The van der Waals surface area contributed by atoms with Crippen molar-refractivity contribution >= 4 is 28.0 Å². The fraction of sp³-hybridized carbons (Fsp3) is 0.312. The van der Waals surface area contributed by atoms with E-state index in [1.807, 2.05) is 22.2 Å². The van der Waals surface area contributed by atoms with Gasteiger partial charge in [-0.05, 0) is 18.6 Å². The predicted molar refractivity (Wildman–Crippen MR) is 92.1 cm³/mol. The molecule has 3 rings (SSSR count). The van der Waals surface area contributed by atoms with E-state index in [2.05, 4.69) is 20.6 Å². The predicted octanol–water partition coefficient (Wildman–Crippen LogP) is 2.97. The number of alkyl halides is 3. The number of hydrogen-bond donors (Lipinski definition) is 2. The van der Waals surface area contributed by atoms with Gasteiger partial charge < -0.3 is 10.6 Å². The normalized spacial score (nSPS) is 11.7. The van der Waals surface area contributed by atoms with Crippen LogP contribution >= 0.6 is 11.3 Å². The Morgan fingerprint density at radius 3 is 2.81 bits per heavy atom. The molecule has 0 atom stereocenters. The van der Waals surface area contributed by atoms with Crippen molar-refractivity contribution in [3.63, 3.8) is 0 Å². The van der Waals surface area contributed by atoms with Gasteiger partial charge in [0.2, 0.25) is 5.91 Å². The lowest BCUT2D eigenvalue weighted by Gasteiger charge is -2.09. The molecule has 0 unspecified atom stereocenters. The van der Waals surface area contributed by atoms with E-state index in [-0.39, 0.29) is 12.3 Å². The molecule has 3 aromatic heterocycles. The molecule has 0 aromatic carbocycles. The van der Waals surface area contributed by atoms with Crippen LogP contribution in [0.2, 0.25) is 0 Å². The number of fused-ring (bicyclic) bond motifs is 1. The number of rotatable bonds is 7. The first-order valence-electron chi connectivity index (χ1n) is 7.87. The Morgan fingerprint density at radius 2 is 2.12 bits per heavy atom. The summed E-state index contributed by atoms with van der Waals surface area (Å²) in [6.45, 7) is 0.938. The van der Waals surface area contributed by atoms with Gasteiger partial charge in [0, 0.05) is 37.1 Å². The van der Waals surface area contributed by atoms with Gasteiger partial charge in [-0.25, -0.2) is 9.97 Å². The molecule has 6 nitrogen and oxygen atoms in total. The number of carbonyl (C=O) groups is 1. The van der Waals surface area contributed by atoms with Gasteiger partial charge in [0.05, 0.1) is 17.7 Å². The maximum absolute atomic E-state index is 12.4. The van der Waals surface area contributed by atoms with Crippen LogP contribution in [0.5, 0.6) is 0 Å². The average Bonchev–Trinajstić information content (AvgIpc) is 3.15. The van der Waals surface area contributed by atoms with Gasteiger partial charge in [0.1, 0.15) is 5.82 Å². The zero-order chi connectivity index (χ0) is 18.6. The summed E-state index contributed by atoms with van der Waals surface area (Å²) in [7, 11) is 0. The Morgan fingerprint density at radius 1 is 1.27 bits per heavy atom. The van der Waals surface area contributed by atoms with Crippen LogP contribution in [0.3, 0.4) is 0 Å². The minimum absolute atomic E-state index is 0.122.